The van der Waals surface area contributed by atoms with E-state index < -0.39 is 0 Å². The fourth-order valence-corrected chi connectivity index (χ4v) is 2.70. The number of hydrogen-bond acceptors (Lipinski definition) is 4. The third-order valence-corrected chi connectivity index (χ3v) is 4.07. The standard InChI is InChI=1S/C19H15ClN2O2/c1-19(2)10-9-13-11-14(5-8-16(13)23-19)17-21-18(24-22-17)12-3-6-15(20)7-4-12/h3-11H,1-2H3. The van der Waals surface area contributed by atoms with Crippen LogP contribution in [0.4, 0.5) is 0 Å². The molecule has 0 spiro atoms. The van der Waals surface area contributed by atoms with Crippen LogP contribution in [0, 0.1) is 0 Å². The van der Waals surface area contributed by atoms with Crippen molar-refractivity contribution in [1.29, 1.82) is 0 Å². The summed E-state index contributed by atoms with van der Waals surface area (Å²) in [5, 5.41) is 4.75. The van der Waals surface area contributed by atoms with Gasteiger partial charge in [0.25, 0.3) is 5.89 Å². The average molecular weight is 339 g/mol. The number of hydrogen-bond donors (Lipinski definition) is 0. The molecule has 1 aromatic heterocycles. The van der Waals surface area contributed by atoms with E-state index in [1.165, 1.54) is 0 Å². The van der Waals surface area contributed by atoms with Crippen molar-refractivity contribution in [2.75, 3.05) is 0 Å². The molecule has 0 N–H and O–H groups in total. The Balaban J connectivity index is 1.67. The maximum atomic E-state index is 5.93. The highest BCUT2D eigenvalue weighted by Gasteiger charge is 2.22. The number of ether oxygens (including phenoxy) is 1. The highest BCUT2D eigenvalue weighted by Crippen LogP contribution is 2.33. The zero-order valence-corrected chi connectivity index (χ0v) is 14.0. The van der Waals surface area contributed by atoms with Gasteiger partial charge in [0.2, 0.25) is 5.82 Å². The topological polar surface area (TPSA) is 48.2 Å². The molecule has 2 aromatic carbocycles. The number of nitrogens with zero attached hydrogens (tertiary/aromatic N) is 2. The molecule has 24 heavy (non-hydrogen) atoms. The average Bonchev–Trinajstić information content (AvgIpc) is 3.04. The molecule has 5 heteroatoms. The van der Waals surface area contributed by atoms with Crippen molar-refractivity contribution in [2.45, 2.75) is 19.4 Å². The van der Waals surface area contributed by atoms with Crippen LogP contribution in [0.25, 0.3) is 28.9 Å². The van der Waals surface area contributed by atoms with Gasteiger partial charge in [-0.1, -0.05) is 22.8 Å². The monoisotopic (exact) mass is 338 g/mol. The molecule has 0 amide bonds. The highest BCUT2D eigenvalue weighted by atomic mass is 35.5. The molecule has 0 saturated heterocycles. The van der Waals surface area contributed by atoms with Crippen molar-refractivity contribution in [3.05, 3.63) is 59.1 Å². The first kappa shape index (κ1) is 15.0. The first-order valence-corrected chi connectivity index (χ1v) is 8.00. The number of rotatable bonds is 2. The normalized spacial score (nSPS) is 15.0. The summed E-state index contributed by atoms with van der Waals surface area (Å²) in [7, 11) is 0. The minimum absolute atomic E-state index is 0.289. The molecule has 0 aliphatic carbocycles. The molecule has 4 rings (SSSR count). The van der Waals surface area contributed by atoms with Crippen LogP contribution in [0.2, 0.25) is 5.02 Å². The summed E-state index contributed by atoms with van der Waals surface area (Å²) in [5.74, 6) is 1.86. The first-order valence-electron chi connectivity index (χ1n) is 7.62. The van der Waals surface area contributed by atoms with E-state index in [1.54, 1.807) is 12.1 Å². The van der Waals surface area contributed by atoms with Gasteiger partial charge >= 0.3 is 0 Å². The van der Waals surface area contributed by atoms with Crippen LogP contribution in [0.15, 0.2) is 53.1 Å². The Morgan fingerprint density at radius 2 is 1.75 bits per heavy atom. The van der Waals surface area contributed by atoms with Crippen LogP contribution in [0.1, 0.15) is 19.4 Å². The third-order valence-electron chi connectivity index (χ3n) is 3.82. The van der Waals surface area contributed by atoms with Crippen LogP contribution < -0.4 is 4.74 Å². The molecule has 1 aliphatic rings. The molecule has 1 aliphatic heterocycles. The lowest BCUT2D eigenvalue weighted by Crippen LogP contribution is -2.27. The van der Waals surface area contributed by atoms with Crippen molar-refractivity contribution < 1.29 is 9.26 Å². The van der Waals surface area contributed by atoms with Crippen LogP contribution in [-0.2, 0) is 0 Å². The molecule has 120 valence electrons. The second kappa shape index (κ2) is 5.49. The Hall–Kier alpha value is -2.59. The number of fused-ring (bicyclic) bond motifs is 1. The number of aromatic nitrogens is 2. The quantitative estimate of drug-likeness (QED) is 0.641. The van der Waals surface area contributed by atoms with Gasteiger partial charge in [-0.05, 0) is 62.4 Å². The Bertz CT molecular complexity index is 927. The SMILES string of the molecule is CC1(C)C=Cc2cc(-c3noc(-c4ccc(Cl)cc4)n3)ccc2O1. The lowest BCUT2D eigenvalue weighted by molar-refractivity contribution is 0.159. The molecule has 0 unspecified atom stereocenters. The molecule has 0 bridgehead atoms. The summed E-state index contributed by atoms with van der Waals surface area (Å²) in [4.78, 5) is 4.47. The number of benzene rings is 2. The second-order valence-electron chi connectivity index (χ2n) is 6.22. The zero-order chi connectivity index (χ0) is 16.7. The van der Waals surface area contributed by atoms with E-state index in [2.05, 4.69) is 16.2 Å². The largest absolute Gasteiger partial charge is 0.483 e. The predicted molar refractivity (Wildman–Crippen MR) is 93.9 cm³/mol. The maximum Gasteiger partial charge on any atom is 0.258 e. The second-order valence-corrected chi connectivity index (χ2v) is 6.66. The van der Waals surface area contributed by atoms with Gasteiger partial charge in [-0.2, -0.15) is 4.98 Å². The Morgan fingerprint density at radius 3 is 2.54 bits per heavy atom. The van der Waals surface area contributed by atoms with Crippen molar-refractivity contribution >= 4 is 17.7 Å². The van der Waals surface area contributed by atoms with Crippen LogP contribution >= 0.6 is 11.6 Å². The smallest absolute Gasteiger partial charge is 0.258 e. The predicted octanol–water partition coefficient (Wildman–Crippen LogP) is 5.24. The lowest BCUT2D eigenvalue weighted by atomic mass is 10.0. The van der Waals surface area contributed by atoms with Gasteiger partial charge in [0.05, 0.1) is 0 Å². The Labute approximate surface area is 144 Å². The van der Waals surface area contributed by atoms with Crippen LogP contribution in [0.3, 0.4) is 0 Å². The van der Waals surface area contributed by atoms with Gasteiger partial charge < -0.3 is 9.26 Å². The van der Waals surface area contributed by atoms with Gasteiger partial charge in [0.15, 0.2) is 0 Å². The summed E-state index contributed by atoms with van der Waals surface area (Å²) in [6.45, 7) is 4.05. The fraction of sp³-hybridized carbons (Fsp3) is 0.158. The van der Waals surface area contributed by atoms with Gasteiger partial charge in [-0.15, -0.1) is 0 Å². The van der Waals surface area contributed by atoms with Crippen molar-refractivity contribution in [3.8, 4) is 28.6 Å². The molecule has 0 fully saturated rings. The van der Waals surface area contributed by atoms with Crippen molar-refractivity contribution in [1.82, 2.24) is 10.1 Å². The molecule has 0 saturated carbocycles. The third kappa shape index (κ3) is 2.81. The van der Waals surface area contributed by atoms with Crippen LogP contribution in [0.5, 0.6) is 5.75 Å². The lowest BCUT2D eigenvalue weighted by Gasteiger charge is -2.27. The molecular formula is C19H15ClN2O2. The van der Waals surface area contributed by atoms with E-state index in [9.17, 15) is 0 Å². The molecule has 4 nitrogen and oxygen atoms in total. The summed E-state index contributed by atoms with van der Waals surface area (Å²) in [6, 6.07) is 13.2. The molecule has 0 atom stereocenters. The number of halogens is 1. The van der Waals surface area contributed by atoms with Crippen molar-refractivity contribution in [3.63, 3.8) is 0 Å². The van der Waals surface area contributed by atoms with E-state index in [0.29, 0.717) is 16.7 Å². The Morgan fingerprint density at radius 1 is 1.00 bits per heavy atom. The molecule has 3 aromatic rings. The molecule has 0 radical (unpaired) electrons. The molecule has 2 heterocycles. The van der Waals surface area contributed by atoms with E-state index in [0.717, 1.165) is 22.4 Å². The first-order chi connectivity index (χ1) is 11.5. The minimum atomic E-state index is -0.289. The minimum Gasteiger partial charge on any atom is -0.483 e. The van der Waals surface area contributed by atoms with E-state index >= 15 is 0 Å². The molecular weight excluding hydrogens is 324 g/mol. The Kier molecular flexibility index (Phi) is 3.43. The summed E-state index contributed by atoms with van der Waals surface area (Å²) in [6.07, 6.45) is 4.09. The zero-order valence-electron chi connectivity index (χ0n) is 13.3. The van der Waals surface area contributed by atoms with Gasteiger partial charge in [-0.3, -0.25) is 0 Å². The maximum absolute atomic E-state index is 5.93. The summed E-state index contributed by atoms with van der Waals surface area (Å²) >= 11 is 5.90. The summed E-state index contributed by atoms with van der Waals surface area (Å²) in [5.41, 5.74) is 2.43. The fourth-order valence-electron chi connectivity index (χ4n) is 2.57. The van der Waals surface area contributed by atoms with Gasteiger partial charge in [0, 0.05) is 21.7 Å². The van der Waals surface area contributed by atoms with Gasteiger partial charge in [0.1, 0.15) is 11.4 Å². The van der Waals surface area contributed by atoms with Gasteiger partial charge in [-0.25, -0.2) is 0 Å². The van der Waals surface area contributed by atoms with E-state index in [1.807, 2.05) is 50.3 Å². The van der Waals surface area contributed by atoms with E-state index in [4.69, 9.17) is 20.9 Å². The van der Waals surface area contributed by atoms with Crippen molar-refractivity contribution in [2.24, 2.45) is 0 Å². The summed E-state index contributed by atoms with van der Waals surface area (Å²) < 4.78 is 11.3. The van der Waals surface area contributed by atoms with Crippen LogP contribution in [-0.4, -0.2) is 15.7 Å². The van der Waals surface area contributed by atoms with E-state index in [-0.39, 0.29) is 5.60 Å². The highest BCUT2D eigenvalue weighted by molar-refractivity contribution is 6.30.